The number of nitrogens with zero attached hydrogens (tertiary/aromatic N) is 2. The molecular weight excluding hydrogens is 328 g/mol. The molecule has 118 valence electrons. The Balaban J connectivity index is 2.60. The highest BCUT2D eigenvalue weighted by atomic mass is 32.2. The molecule has 0 aliphatic carbocycles. The number of hydrogen-bond acceptors (Lipinski definition) is 6. The van der Waals surface area contributed by atoms with E-state index in [1.807, 2.05) is 0 Å². The summed E-state index contributed by atoms with van der Waals surface area (Å²) in [6.45, 7) is 1.78. The third-order valence-corrected chi connectivity index (χ3v) is 6.23. The van der Waals surface area contributed by atoms with Gasteiger partial charge in [-0.25, -0.2) is 8.42 Å². The fraction of sp³-hybridized carbons (Fsp3) is 0.231. The number of benzene rings is 1. The molecule has 0 fully saturated rings. The Bertz CT molecular complexity index is 772. The van der Waals surface area contributed by atoms with Gasteiger partial charge in [0.25, 0.3) is 15.7 Å². The van der Waals surface area contributed by atoms with Gasteiger partial charge in [0, 0.05) is 18.7 Å². The number of anilines is 1. The van der Waals surface area contributed by atoms with Gasteiger partial charge in [0.15, 0.2) is 0 Å². The molecule has 0 radical (unpaired) electrons. The number of methoxy groups -OCH3 is 1. The molecule has 7 nitrogen and oxygen atoms in total. The summed E-state index contributed by atoms with van der Waals surface area (Å²) in [7, 11) is -2.40. The number of ether oxygens (including phenoxy) is 1. The molecule has 1 aromatic heterocycles. The maximum Gasteiger partial charge on any atom is 0.273 e. The maximum absolute atomic E-state index is 12.7. The van der Waals surface area contributed by atoms with E-state index < -0.39 is 14.9 Å². The number of nitro benzene ring substituents is 1. The summed E-state index contributed by atoms with van der Waals surface area (Å²) in [5.41, 5.74) is -0.0526. The van der Waals surface area contributed by atoms with Crippen LogP contribution in [0.15, 0.2) is 39.9 Å². The zero-order valence-corrected chi connectivity index (χ0v) is 13.6. The lowest BCUT2D eigenvalue weighted by atomic mass is 10.2. The van der Waals surface area contributed by atoms with Gasteiger partial charge in [-0.15, -0.1) is 11.3 Å². The van der Waals surface area contributed by atoms with Gasteiger partial charge in [0.05, 0.1) is 12.0 Å². The van der Waals surface area contributed by atoms with Gasteiger partial charge in [0.1, 0.15) is 15.6 Å². The number of nitro groups is 1. The summed E-state index contributed by atoms with van der Waals surface area (Å²) < 4.78 is 31.8. The van der Waals surface area contributed by atoms with Crippen molar-refractivity contribution in [1.29, 1.82) is 0 Å². The van der Waals surface area contributed by atoms with Crippen molar-refractivity contribution in [3.8, 4) is 5.75 Å². The minimum absolute atomic E-state index is 0.123. The number of sulfonamides is 1. The zero-order valence-electron chi connectivity index (χ0n) is 11.9. The molecule has 0 amide bonds. The van der Waals surface area contributed by atoms with Crippen molar-refractivity contribution in [3.63, 3.8) is 0 Å². The molecule has 0 bridgehead atoms. The predicted octanol–water partition coefficient (Wildman–Crippen LogP) is 2.88. The fourth-order valence-corrected chi connectivity index (χ4v) is 4.56. The van der Waals surface area contributed by atoms with Gasteiger partial charge in [-0.2, -0.15) is 0 Å². The number of non-ortho nitro benzene ring substituents is 1. The number of rotatable bonds is 6. The van der Waals surface area contributed by atoms with Gasteiger partial charge in [0.2, 0.25) is 0 Å². The zero-order chi connectivity index (χ0) is 16.3. The molecule has 0 atom stereocenters. The first-order chi connectivity index (χ1) is 10.4. The Morgan fingerprint density at radius 1 is 1.36 bits per heavy atom. The van der Waals surface area contributed by atoms with E-state index >= 15 is 0 Å². The Morgan fingerprint density at radius 3 is 2.59 bits per heavy atom. The van der Waals surface area contributed by atoms with Crippen LogP contribution in [0.3, 0.4) is 0 Å². The van der Waals surface area contributed by atoms with E-state index in [0.717, 1.165) is 15.6 Å². The molecular formula is C13H14N2O5S2. The smallest absolute Gasteiger partial charge is 0.273 e. The van der Waals surface area contributed by atoms with Crippen molar-refractivity contribution in [2.45, 2.75) is 11.1 Å². The predicted molar refractivity (Wildman–Crippen MR) is 84.2 cm³/mol. The average molecular weight is 342 g/mol. The van der Waals surface area contributed by atoms with Crippen LogP contribution in [-0.4, -0.2) is 27.0 Å². The summed E-state index contributed by atoms with van der Waals surface area (Å²) >= 11 is 1.09. The standard InChI is InChI=1S/C13H14N2O5S2/c1-3-14(22(18,19)13-5-4-8-21-13)11-9-10(15(16)17)6-7-12(11)20-2/h4-9H,3H2,1-2H3. The van der Waals surface area contributed by atoms with Crippen LogP contribution in [-0.2, 0) is 10.0 Å². The van der Waals surface area contributed by atoms with Crippen molar-refractivity contribution in [2.75, 3.05) is 18.0 Å². The minimum Gasteiger partial charge on any atom is -0.495 e. The van der Waals surface area contributed by atoms with Crippen molar-refractivity contribution >= 4 is 32.7 Å². The van der Waals surface area contributed by atoms with Gasteiger partial charge < -0.3 is 4.74 Å². The van der Waals surface area contributed by atoms with E-state index in [1.54, 1.807) is 18.4 Å². The second-order valence-electron chi connectivity index (χ2n) is 4.22. The molecule has 2 aromatic rings. The first kappa shape index (κ1) is 16.2. The van der Waals surface area contributed by atoms with Gasteiger partial charge in [-0.1, -0.05) is 6.07 Å². The first-order valence-corrected chi connectivity index (χ1v) is 8.62. The van der Waals surface area contributed by atoms with Crippen LogP contribution in [0.2, 0.25) is 0 Å². The van der Waals surface area contributed by atoms with Gasteiger partial charge in [-0.05, 0) is 24.4 Å². The SMILES string of the molecule is CCN(c1cc([N+](=O)[O-])ccc1OC)S(=O)(=O)c1cccs1. The topological polar surface area (TPSA) is 89.8 Å². The summed E-state index contributed by atoms with van der Waals surface area (Å²) in [4.78, 5) is 10.4. The molecule has 22 heavy (non-hydrogen) atoms. The molecule has 0 spiro atoms. The Morgan fingerprint density at radius 2 is 2.09 bits per heavy atom. The van der Waals surface area contributed by atoms with Crippen LogP contribution in [0.1, 0.15) is 6.92 Å². The van der Waals surface area contributed by atoms with Gasteiger partial charge >= 0.3 is 0 Å². The number of thiophene rings is 1. The second kappa shape index (κ2) is 6.32. The molecule has 1 aromatic carbocycles. The molecule has 2 rings (SSSR count). The largest absolute Gasteiger partial charge is 0.495 e. The average Bonchev–Trinajstić information content (AvgIpc) is 3.02. The lowest BCUT2D eigenvalue weighted by Gasteiger charge is -2.23. The maximum atomic E-state index is 12.7. The monoisotopic (exact) mass is 342 g/mol. The van der Waals surface area contributed by atoms with Gasteiger partial charge in [-0.3, -0.25) is 14.4 Å². The molecule has 0 aliphatic rings. The first-order valence-electron chi connectivity index (χ1n) is 6.30. The Hall–Kier alpha value is -2.13. The highest BCUT2D eigenvalue weighted by Crippen LogP contribution is 2.36. The van der Waals surface area contributed by atoms with Crippen LogP contribution in [0.5, 0.6) is 5.75 Å². The highest BCUT2D eigenvalue weighted by molar-refractivity contribution is 7.94. The van der Waals surface area contributed by atoms with Crippen LogP contribution >= 0.6 is 11.3 Å². The molecule has 0 N–H and O–H groups in total. The quantitative estimate of drug-likeness (QED) is 0.595. The Labute approximate surface area is 132 Å². The lowest BCUT2D eigenvalue weighted by molar-refractivity contribution is -0.384. The van der Waals surface area contributed by atoms with Crippen molar-refractivity contribution in [2.24, 2.45) is 0 Å². The van der Waals surface area contributed by atoms with Crippen LogP contribution in [0.4, 0.5) is 11.4 Å². The molecule has 0 saturated heterocycles. The van der Waals surface area contributed by atoms with Crippen LogP contribution in [0, 0.1) is 10.1 Å². The molecule has 0 unspecified atom stereocenters. The van der Waals surface area contributed by atoms with E-state index in [9.17, 15) is 18.5 Å². The summed E-state index contributed by atoms with van der Waals surface area (Å²) in [5, 5.41) is 12.6. The van der Waals surface area contributed by atoms with Crippen molar-refractivity contribution in [3.05, 3.63) is 45.8 Å². The summed E-state index contributed by atoms with van der Waals surface area (Å²) in [6, 6.07) is 6.99. The molecule has 0 aliphatic heterocycles. The Kier molecular flexibility index (Phi) is 4.67. The summed E-state index contributed by atoms with van der Waals surface area (Å²) in [5.74, 6) is 0.257. The fourth-order valence-electron chi connectivity index (χ4n) is 1.98. The molecule has 1 heterocycles. The third-order valence-electron chi connectivity index (χ3n) is 2.97. The van der Waals surface area contributed by atoms with E-state index in [1.165, 1.54) is 31.4 Å². The highest BCUT2D eigenvalue weighted by Gasteiger charge is 2.28. The molecule has 0 saturated carbocycles. The van der Waals surface area contributed by atoms with E-state index in [2.05, 4.69) is 0 Å². The normalized spacial score (nSPS) is 11.2. The van der Waals surface area contributed by atoms with E-state index in [4.69, 9.17) is 4.74 Å². The third kappa shape index (κ3) is 2.90. The van der Waals surface area contributed by atoms with Crippen LogP contribution < -0.4 is 9.04 Å². The van der Waals surface area contributed by atoms with Crippen molar-refractivity contribution < 1.29 is 18.1 Å². The second-order valence-corrected chi connectivity index (χ2v) is 7.25. The molecule has 9 heteroatoms. The number of hydrogen-bond donors (Lipinski definition) is 0. The van der Waals surface area contributed by atoms with E-state index in [-0.39, 0.29) is 27.9 Å². The summed E-state index contributed by atoms with van der Waals surface area (Å²) in [6.07, 6.45) is 0. The minimum atomic E-state index is -3.79. The lowest BCUT2D eigenvalue weighted by Crippen LogP contribution is -2.30. The van der Waals surface area contributed by atoms with E-state index in [0.29, 0.717) is 0 Å². The van der Waals surface area contributed by atoms with Crippen LogP contribution in [0.25, 0.3) is 0 Å². The van der Waals surface area contributed by atoms with Crippen molar-refractivity contribution in [1.82, 2.24) is 0 Å².